The molecule has 1 fully saturated rings. The Morgan fingerprint density at radius 1 is 1.11 bits per heavy atom. The molecule has 2 heterocycles. The number of amides is 2. The van der Waals surface area contributed by atoms with Crippen LogP contribution in [0.15, 0.2) is 71.7 Å². The molecule has 0 saturated carbocycles. The van der Waals surface area contributed by atoms with Gasteiger partial charge in [-0.1, -0.05) is 29.4 Å². The SMILES string of the molecule is COc1ccc(NC(=O)[C@H]2CC(=O)N(Cc3ccc4c(c3)OCO4)C(=Nc3ccc(Cl)cc3)S2)cc1. The Bertz CT molecular complexity index is 1310. The first-order valence-corrected chi connectivity index (χ1v) is 12.4. The average Bonchev–Trinajstić information content (AvgIpc) is 3.35. The second kappa shape index (κ2) is 10.5. The van der Waals surface area contributed by atoms with Crippen LogP contribution in [0.3, 0.4) is 0 Å². The van der Waals surface area contributed by atoms with Crippen molar-refractivity contribution in [3.8, 4) is 17.2 Å². The number of hydrogen-bond acceptors (Lipinski definition) is 7. The van der Waals surface area contributed by atoms with Gasteiger partial charge in [0.05, 0.1) is 19.3 Å². The zero-order valence-corrected chi connectivity index (χ0v) is 20.8. The highest BCUT2D eigenvalue weighted by Crippen LogP contribution is 2.35. The van der Waals surface area contributed by atoms with Crippen molar-refractivity contribution >= 4 is 51.7 Å². The molecule has 0 spiro atoms. The molecule has 2 aliphatic rings. The number of benzene rings is 3. The molecule has 1 N–H and O–H groups in total. The summed E-state index contributed by atoms with van der Waals surface area (Å²) >= 11 is 7.27. The van der Waals surface area contributed by atoms with Crippen LogP contribution in [0.25, 0.3) is 0 Å². The number of hydrogen-bond donors (Lipinski definition) is 1. The number of fused-ring (bicyclic) bond motifs is 1. The molecular weight excluding hydrogens is 502 g/mol. The Kier molecular flexibility index (Phi) is 7.02. The van der Waals surface area contributed by atoms with Crippen molar-refractivity contribution in [3.63, 3.8) is 0 Å². The average molecular weight is 524 g/mol. The predicted molar refractivity (Wildman–Crippen MR) is 139 cm³/mol. The second-order valence-corrected chi connectivity index (χ2v) is 9.67. The lowest BCUT2D eigenvalue weighted by Gasteiger charge is -2.32. The number of amidine groups is 1. The summed E-state index contributed by atoms with van der Waals surface area (Å²) in [7, 11) is 1.58. The number of aliphatic imine (C=N–C) groups is 1. The van der Waals surface area contributed by atoms with Crippen molar-refractivity contribution in [3.05, 3.63) is 77.3 Å². The minimum atomic E-state index is -0.640. The zero-order chi connectivity index (χ0) is 25.1. The molecule has 0 bridgehead atoms. The molecular formula is C26H22ClN3O5S. The van der Waals surface area contributed by atoms with Gasteiger partial charge in [-0.2, -0.15) is 0 Å². The molecule has 0 unspecified atom stereocenters. The lowest BCUT2D eigenvalue weighted by molar-refractivity contribution is -0.129. The van der Waals surface area contributed by atoms with Gasteiger partial charge in [-0.15, -0.1) is 0 Å². The fourth-order valence-electron chi connectivity index (χ4n) is 3.74. The molecule has 3 aromatic carbocycles. The number of nitrogens with zero attached hydrogens (tertiary/aromatic N) is 2. The van der Waals surface area contributed by atoms with Crippen LogP contribution in [-0.2, 0) is 16.1 Å². The molecule has 10 heteroatoms. The monoisotopic (exact) mass is 523 g/mol. The second-order valence-electron chi connectivity index (χ2n) is 8.07. The fraction of sp³-hybridized carbons (Fsp3) is 0.192. The lowest BCUT2D eigenvalue weighted by atomic mass is 10.1. The molecule has 2 amide bonds. The van der Waals surface area contributed by atoms with E-state index in [0.717, 1.165) is 5.56 Å². The van der Waals surface area contributed by atoms with E-state index in [2.05, 4.69) is 5.32 Å². The standard InChI is InChI=1S/C26H22ClN3O5S/c1-33-20-9-7-18(8-10-20)28-25(32)23-13-24(31)30(14-16-2-11-21-22(12-16)35-15-34-21)26(36-23)29-19-5-3-17(27)4-6-19/h2-12,23H,13-15H2,1H3,(H,28,32)/t23-/m1/s1. The molecule has 36 heavy (non-hydrogen) atoms. The minimum Gasteiger partial charge on any atom is -0.497 e. The topological polar surface area (TPSA) is 89.5 Å². The predicted octanol–water partition coefficient (Wildman–Crippen LogP) is 5.24. The summed E-state index contributed by atoms with van der Waals surface area (Å²) in [5, 5.41) is 3.25. The van der Waals surface area contributed by atoms with Gasteiger partial charge in [0.25, 0.3) is 0 Å². The van der Waals surface area contributed by atoms with E-state index in [4.69, 9.17) is 30.8 Å². The molecule has 5 rings (SSSR count). The van der Waals surface area contributed by atoms with Crippen LogP contribution in [0.4, 0.5) is 11.4 Å². The van der Waals surface area contributed by atoms with Gasteiger partial charge < -0.3 is 19.5 Å². The molecule has 0 radical (unpaired) electrons. The van der Waals surface area contributed by atoms with Gasteiger partial charge >= 0.3 is 0 Å². The van der Waals surface area contributed by atoms with Gasteiger partial charge in [-0.25, -0.2) is 4.99 Å². The molecule has 1 saturated heterocycles. The number of carbonyl (C=O) groups excluding carboxylic acids is 2. The highest BCUT2D eigenvalue weighted by molar-refractivity contribution is 8.15. The van der Waals surface area contributed by atoms with E-state index < -0.39 is 5.25 Å². The number of methoxy groups -OCH3 is 1. The van der Waals surface area contributed by atoms with Crippen molar-refractivity contribution in [2.24, 2.45) is 4.99 Å². The Labute approximate surface area is 217 Å². The van der Waals surface area contributed by atoms with Crippen LogP contribution in [0.2, 0.25) is 5.02 Å². The zero-order valence-electron chi connectivity index (χ0n) is 19.3. The number of carbonyl (C=O) groups is 2. The number of anilines is 1. The van der Waals surface area contributed by atoms with Crippen LogP contribution in [0.1, 0.15) is 12.0 Å². The van der Waals surface area contributed by atoms with Gasteiger partial charge in [0, 0.05) is 17.1 Å². The van der Waals surface area contributed by atoms with Crippen LogP contribution in [-0.4, -0.2) is 41.0 Å². The summed E-state index contributed by atoms with van der Waals surface area (Å²) in [6, 6.07) is 19.6. The van der Waals surface area contributed by atoms with Crippen molar-refractivity contribution in [2.75, 3.05) is 19.2 Å². The summed E-state index contributed by atoms with van der Waals surface area (Å²) in [5.74, 6) is 1.52. The van der Waals surface area contributed by atoms with E-state index in [-0.39, 0.29) is 31.6 Å². The van der Waals surface area contributed by atoms with Crippen LogP contribution < -0.4 is 19.5 Å². The summed E-state index contributed by atoms with van der Waals surface area (Å²) < 4.78 is 16.0. The first kappa shape index (κ1) is 24.0. The fourth-order valence-corrected chi connectivity index (χ4v) is 4.97. The third-order valence-electron chi connectivity index (χ3n) is 5.62. The number of halogens is 1. The first-order chi connectivity index (χ1) is 17.5. The van der Waals surface area contributed by atoms with Crippen molar-refractivity contribution in [2.45, 2.75) is 18.2 Å². The minimum absolute atomic E-state index is 0.0385. The van der Waals surface area contributed by atoms with Gasteiger partial charge in [0.15, 0.2) is 16.7 Å². The normalized spacial score (nSPS) is 17.8. The summed E-state index contributed by atoms with van der Waals surface area (Å²) in [6.07, 6.45) is 0.0385. The number of ether oxygens (including phenoxy) is 3. The number of rotatable bonds is 6. The summed E-state index contributed by atoms with van der Waals surface area (Å²) in [6.45, 7) is 0.452. The van der Waals surface area contributed by atoms with E-state index in [9.17, 15) is 9.59 Å². The van der Waals surface area contributed by atoms with Crippen molar-refractivity contribution in [1.82, 2.24) is 4.90 Å². The summed E-state index contributed by atoms with van der Waals surface area (Å²) in [5.41, 5.74) is 2.10. The van der Waals surface area contributed by atoms with Gasteiger partial charge in [0.2, 0.25) is 18.6 Å². The van der Waals surface area contributed by atoms with Crippen molar-refractivity contribution < 1.29 is 23.8 Å². The molecule has 1 atom stereocenters. The maximum Gasteiger partial charge on any atom is 0.238 e. The number of thioether (sulfide) groups is 1. The number of nitrogens with one attached hydrogen (secondary N) is 1. The molecule has 0 aromatic heterocycles. The van der Waals surface area contributed by atoms with E-state index in [0.29, 0.717) is 38.8 Å². The highest BCUT2D eigenvalue weighted by Gasteiger charge is 2.36. The smallest absolute Gasteiger partial charge is 0.238 e. The Morgan fingerprint density at radius 2 is 1.86 bits per heavy atom. The quantitative estimate of drug-likeness (QED) is 0.475. The molecule has 0 aliphatic carbocycles. The largest absolute Gasteiger partial charge is 0.497 e. The van der Waals surface area contributed by atoms with E-state index in [1.54, 1.807) is 60.5 Å². The van der Waals surface area contributed by atoms with E-state index in [1.165, 1.54) is 11.8 Å². The van der Waals surface area contributed by atoms with Gasteiger partial charge in [-0.05, 0) is 66.2 Å². The summed E-state index contributed by atoms with van der Waals surface area (Å²) in [4.78, 5) is 32.6. The maximum atomic E-state index is 13.3. The molecule has 184 valence electrons. The Balaban J connectivity index is 1.38. The molecule has 2 aliphatic heterocycles. The van der Waals surface area contributed by atoms with Crippen LogP contribution >= 0.6 is 23.4 Å². The lowest BCUT2D eigenvalue weighted by Crippen LogP contribution is -2.44. The van der Waals surface area contributed by atoms with E-state index in [1.807, 2.05) is 18.2 Å². The van der Waals surface area contributed by atoms with Crippen LogP contribution in [0, 0.1) is 0 Å². The molecule has 3 aromatic rings. The first-order valence-electron chi connectivity index (χ1n) is 11.1. The molecule has 8 nitrogen and oxygen atoms in total. The van der Waals surface area contributed by atoms with E-state index >= 15 is 0 Å². The third kappa shape index (κ3) is 5.42. The Hall–Kier alpha value is -3.69. The highest BCUT2D eigenvalue weighted by atomic mass is 35.5. The van der Waals surface area contributed by atoms with Crippen molar-refractivity contribution in [1.29, 1.82) is 0 Å². The van der Waals surface area contributed by atoms with Gasteiger partial charge in [-0.3, -0.25) is 14.5 Å². The third-order valence-corrected chi connectivity index (χ3v) is 7.06. The maximum absolute atomic E-state index is 13.3. The van der Waals surface area contributed by atoms with Crippen LogP contribution in [0.5, 0.6) is 17.2 Å². The Morgan fingerprint density at radius 3 is 2.61 bits per heavy atom. The van der Waals surface area contributed by atoms with Gasteiger partial charge in [0.1, 0.15) is 11.0 Å².